The molecule has 3 saturated heterocycles. The fourth-order valence-electron chi connectivity index (χ4n) is 11.2. The Bertz CT molecular complexity index is 1670. The monoisotopic (exact) mass is 821 g/mol. The van der Waals surface area contributed by atoms with Gasteiger partial charge in [-0.25, -0.2) is 0 Å². The molecule has 12 heteroatoms. The summed E-state index contributed by atoms with van der Waals surface area (Å²) in [6.45, 7) is 7.99. The summed E-state index contributed by atoms with van der Waals surface area (Å²) in [5.74, 6) is -0.378. The number of methoxy groups -OCH3 is 3. The SMILES string of the molecule is CC[C@H]1CCC[C@H](O[C@H]2CC[C@H](N(C)C(=O)c3ccccc3)C(C)O2)[C@@H](C)C(=O)C2=C[C@@H]3[C@@H](C=C[C@@H]4C[C@@H](O[C@@H]5OC(C)[C@H](OC)[C@@H](OC)C5OC)C[C@@H]34)[C@@H]2CC(=O)O1. The van der Waals surface area contributed by atoms with E-state index in [4.69, 9.17) is 37.9 Å². The number of fused-ring (bicyclic) bond motifs is 5. The molecule has 7 rings (SSSR count). The molecule has 12 nitrogen and oxygen atoms in total. The van der Waals surface area contributed by atoms with Gasteiger partial charge in [0.1, 0.15) is 24.4 Å². The highest BCUT2D eigenvalue weighted by Crippen LogP contribution is 2.54. The number of benzene rings is 1. The summed E-state index contributed by atoms with van der Waals surface area (Å²) >= 11 is 0. The van der Waals surface area contributed by atoms with Gasteiger partial charge in [-0.3, -0.25) is 14.4 Å². The number of rotatable bonds is 10. The van der Waals surface area contributed by atoms with Crippen LogP contribution < -0.4 is 0 Å². The first-order valence-electron chi connectivity index (χ1n) is 22.1. The van der Waals surface area contributed by atoms with Crippen LogP contribution in [-0.4, -0.2) is 118 Å². The van der Waals surface area contributed by atoms with E-state index >= 15 is 0 Å². The van der Waals surface area contributed by atoms with Gasteiger partial charge < -0.3 is 42.8 Å². The van der Waals surface area contributed by atoms with Crippen LogP contribution in [0.15, 0.2) is 54.1 Å². The molecule has 3 aliphatic heterocycles. The lowest BCUT2D eigenvalue weighted by molar-refractivity contribution is -0.314. The van der Waals surface area contributed by atoms with Gasteiger partial charge in [0.15, 0.2) is 18.4 Å². The number of carbonyl (C=O) groups is 3. The molecule has 0 N–H and O–H groups in total. The minimum atomic E-state index is -0.617. The Morgan fingerprint density at radius 3 is 2.27 bits per heavy atom. The first-order chi connectivity index (χ1) is 28.5. The van der Waals surface area contributed by atoms with Crippen molar-refractivity contribution in [2.45, 2.75) is 153 Å². The largest absolute Gasteiger partial charge is 0.462 e. The van der Waals surface area contributed by atoms with E-state index in [-0.39, 0.29) is 102 Å². The molecule has 3 aliphatic carbocycles. The van der Waals surface area contributed by atoms with Crippen molar-refractivity contribution in [2.75, 3.05) is 28.4 Å². The predicted octanol–water partition coefficient (Wildman–Crippen LogP) is 6.70. The van der Waals surface area contributed by atoms with E-state index in [1.54, 1.807) is 26.2 Å². The number of amides is 1. The third-order valence-electron chi connectivity index (χ3n) is 14.4. The molecular formula is C47H67NO11. The lowest BCUT2D eigenvalue weighted by atomic mass is 9.70. The Labute approximate surface area is 350 Å². The van der Waals surface area contributed by atoms with Crippen LogP contribution in [0.2, 0.25) is 0 Å². The number of carbonyl (C=O) groups excluding carboxylic acids is 3. The van der Waals surface area contributed by atoms with Crippen LogP contribution in [0.5, 0.6) is 0 Å². The van der Waals surface area contributed by atoms with Crippen molar-refractivity contribution >= 4 is 17.7 Å². The van der Waals surface area contributed by atoms with Crippen LogP contribution in [0.3, 0.4) is 0 Å². The average Bonchev–Trinajstić information content (AvgIpc) is 3.82. The molecule has 1 aromatic rings. The Balaban J connectivity index is 1.06. The molecule has 0 radical (unpaired) electrons. The molecule has 1 aromatic carbocycles. The van der Waals surface area contributed by atoms with E-state index < -0.39 is 24.6 Å². The molecule has 3 unspecified atom stereocenters. The molecule has 4 fully saturated rings. The lowest BCUT2D eigenvalue weighted by Crippen LogP contribution is -2.59. The highest BCUT2D eigenvalue weighted by molar-refractivity contribution is 5.99. The topological polar surface area (TPSA) is 128 Å². The zero-order valence-electron chi connectivity index (χ0n) is 36.2. The molecule has 0 aromatic heterocycles. The predicted molar refractivity (Wildman–Crippen MR) is 219 cm³/mol. The summed E-state index contributed by atoms with van der Waals surface area (Å²) in [6.07, 6.45) is 9.27. The minimum Gasteiger partial charge on any atom is -0.462 e. The van der Waals surface area contributed by atoms with E-state index in [9.17, 15) is 14.4 Å². The number of ketones is 1. The van der Waals surface area contributed by atoms with Crippen molar-refractivity contribution < 1.29 is 52.3 Å². The maximum Gasteiger partial charge on any atom is 0.306 e. The van der Waals surface area contributed by atoms with Gasteiger partial charge in [-0.15, -0.1) is 0 Å². The van der Waals surface area contributed by atoms with E-state index in [1.165, 1.54) is 0 Å². The molecule has 1 amide bonds. The zero-order chi connectivity index (χ0) is 42.0. The first-order valence-corrected chi connectivity index (χ1v) is 22.1. The van der Waals surface area contributed by atoms with Gasteiger partial charge in [0.2, 0.25) is 0 Å². The van der Waals surface area contributed by atoms with Crippen LogP contribution in [-0.2, 0) is 47.5 Å². The molecule has 3 heterocycles. The van der Waals surface area contributed by atoms with Crippen molar-refractivity contribution in [2.24, 2.45) is 35.5 Å². The quantitative estimate of drug-likeness (QED) is 0.185. The van der Waals surface area contributed by atoms with Gasteiger partial charge in [-0.05, 0) is 100 Å². The third-order valence-corrected chi connectivity index (χ3v) is 14.4. The van der Waals surface area contributed by atoms with Crippen molar-refractivity contribution in [3.63, 3.8) is 0 Å². The van der Waals surface area contributed by atoms with Gasteiger partial charge in [0.25, 0.3) is 5.91 Å². The summed E-state index contributed by atoms with van der Waals surface area (Å²) in [5, 5.41) is 0. The minimum absolute atomic E-state index is 0.00383. The normalized spacial score (nSPS) is 41.4. The number of likely N-dealkylation sites (N-methyl/N-ethyl adjacent to an activating group) is 1. The Morgan fingerprint density at radius 1 is 0.831 bits per heavy atom. The Hall–Kier alpha value is -2.97. The van der Waals surface area contributed by atoms with Crippen LogP contribution in [0.4, 0.5) is 0 Å². The number of hydrogen-bond acceptors (Lipinski definition) is 11. The molecule has 6 aliphatic rings. The summed E-state index contributed by atoms with van der Waals surface area (Å²) in [7, 11) is 6.78. The number of ether oxygens (including phenoxy) is 8. The molecule has 0 bridgehead atoms. The van der Waals surface area contributed by atoms with Gasteiger partial charge in [0.05, 0.1) is 36.9 Å². The standard InChI is InChI=1S/C47H67NO11/c1-9-31-16-13-17-39(59-41-21-20-38(27(3)55-41)48(5)46(51)29-14-11-10-12-15-29)26(2)42(50)37-24-35-33(36(37)25-40(49)57-31)19-18-30-22-32(23-34(30)35)58-47-45(54-8)44(53-7)43(52-6)28(4)56-47/h10-12,14-15,18-19,24,26-28,30-36,38-39,41,43-45,47H,9,13,16-17,20-23,25H2,1-8H3/t26-,27?,28?,30-,31+,32-,33-,34-,35-,36+,38+,39+,41+,43+,44-,45?,47+/m1/s1. The molecular weight excluding hydrogens is 755 g/mol. The van der Waals surface area contributed by atoms with E-state index in [1.807, 2.05) is 58.2 Å². The van der Waals surface area contributed by atoms with E-state index in [0.29, 0.717) is 24.8 Å². The van der Waals surface area contributed by atoms with Crippen LogP contribution in [0.1, 0.15) is 95.8 Å². The van der Waals surface area contributed by atoms with Crippen molar-refractivity contribution in [1.82, 2.24) is 4.90 Å². The van der Waals surface area contributed by atoms with Gasteiger partial charge in [-0.2, -0.15) is 0 Å². The highest BCUT2D eigenvalue weighted by atomic mass is 16.7. The molecule has 326 valence electrons. The molecule has 1 saturated carbocycles. The maximum absolute atomic E-state index is 14.8. The van der Waals surface area contributed by atoms with E-state index in [2.05, 4.69) is 25.2 Å². The fraction of sp³-hybridized carbons (Fsp3) is 0.723. The third kappa shape index (κ3) is 9.30. The Morgan fingerprint density at radius 2 is 1.58 bits per heavy atom. The van der Waals surface area contributed by atoms with Crippen molar-refractivity contribution in [3.8, 4) is 0 Å². The smallest absolute Gasteiger partial charge is 0.306 e. The maximum atomic E-state index is 14.8. The molecule has 0 spiro atoms. The zero-order valence-corrected chi connectivity index (χ0v) is 36.2. The number of nitrogens with zero attached hydrogens (tertiary/aromatic N) is 1. The fourth-order valence-corrected chi connectivity index (χ4v) is 11.2. The second-order valence-corrected chi connectivity index (χ2v) is 17.8. The summed E-state index contributed by atoms with van der Waals surface area (Å²) in [4.78, 5) is 43.5. The highest BCUT2D eigenvalue weighted by Gasteiger charge is 2.53. The van der Waals surface area contributed by atoms with Crippen LogP contribution >= 0.6 is 0 Å². The summed E-state index contributed by atoms with van der Waals surface area (Å²) in [5.41, 5.74) is 1.37. The van der Waals surface area contributed by atoms with Crippen molar-refractivity contribution in [1.29, 1.82) is 0 Å². The Kier molecular flexibility index (Phi) is 14.5. The molecule has 59 heavy (non-hydrogen) atoms. The van der Waals surface area contributed by atoms with E-state index in [0.717, 1.165) is 37.7 Å². The van der Waals surface area contributed by atoms with Gasteiger partial charge in [-0.1, -0.05) is 50.3 Å². The van der Waals surface area contributed by atoms with Gasteiger partial charge in [0, 0.05) is 52.2 Å². The average molecular weight is 822 g/mol. The number of allylic oxidation sites excluding steroid dienone is 4. The summed E-state index contributed by atoms with van der Waals surface area (Å²) < 4.78 is 49.8. The lowest BCUT2D eigenvalue weighted by Gasteiger charge is -2.44. The number of cyclic esters (lactones) is 1. The number of hydrogen-bond donors (Lipinski definition) is 0. The second-order valence-electron chi connectivity index (χ2n) is 17.8. The summed E-state index contributed by atoms with van der Waals surface area (Å²) in [6, 6.07) is 9.20. The van der Waals surface area contributed by atoms with Gasteiger partial charge >= 0.3 is 5.97 Å². The first kappa shape index (κ1) is 44.1. The number of esters is 1. The number of Topliss-reactive ketones (excluding diaryl/α,β-unsaturated/α-hetero) is 1. The van der Waals surface area contributed by atoms with Crippen LogP contribution in [0.25, 0.3) is 0 Å². The van der Waals surface area contributed by atoms with Crippen molar-refractivity contribution in [3.05, 3.63) is 59.7 Å². The second kappa shape index (κ2) is 19.4. The van der Waals surface area contributed by atoms with Crippen LogP contribution in [0, 0.1) is 35.5 Å². The molecule has 17 atom stereocenters.